The van der Waals surface area contributed by atoms with E-state index in [1.165, 1.54) is 4.90 Å². The zero-order valence-corrected chi connectivity index (χ0v) is 16.5. The van der Waals surface area contributed by atoms with Gasteiger partial charge in [0.05, 0.1) is 24.3 Å². The fourth-order valence-corrected chi connectivity index (χ4v) is 2.51. The molecule has 6 nitrogen and oxygen atoms in total. The van der Waals surface area contributed by atoms with E-state index in [0.717, 1.165) is 11.3 Å². The van der Waals surface area contributed by atoms with Crippen LogP contribution in [0.4, 0.5) is 5.69 Å². The van der Waals surface area contributed by atoms with Crippen molar-refractivity contribution in [2.24, 2.45) is 0 Å². The van der Waals surface area contributed by atoms with Crippen molar-refractivity contribution >= 4 is 29.1 Å². The van der Waals surface area contributed by atoms with Crippen LogP contribution in [0.5, 0.6) is 5.75 Å². The predicted molar refractivity (Wildman–Crippen MR) is 105 cm³/mol. The molecule has 1 unspecified atom stereocenters. The number of amides is 2. The summed E-state index contributed by atoms with van der Waals surface area (Å²) >= 11 is 6.08. The van der Waals surface area contributed by atoms with Gasteiger partial charge in [-0.1, -0.05) is 23.7 Å². The van der Waals surface area contributed by atoms with Gasteiger partial charge in [0, 0.05) is 19.8 Å². The molecule has 2 rings (SSSR count). The Morgan fingerprint density at radius 2 is 1.93 bits per heavy atom. The first-order valence-corrected chi connectivity index (χ1v) is 8.76. The number of nitrogens with zero attached hydrogens (tertiary/aromatic N) is 1. The van der Waals surface area contributed by atoms with E-state index < -0.39 is 6.10 Å². The summed E-state index contributed by atoms with van der Waals surface area (Å²) in [5.41, 5.74) is 1.70. The summed E-state index contributed by atoms with van der Waals surface area (Å²) in [6.45, 7) is 1.94. The Labute approximate surface area is 164 Å². The zero-order valence-electron chi connectivity index (χ0n) is 15.8. The lowest BCUT2D eigenvalue weighted by molar-refractivity contribution is -0.127. The van der Waals surface area contributed by atoms with E-state index in [1.807, 2.05) is 24.3 Å². The summed E-state index contributed by atoms with van der Waals surface area (Å²) in [6, 6.07) is 12.2. The van der Waals surface area contributed by atoms with Crippen molar-refractivity contribution in [2.45, 2.75) is 19.6 Å². The minimum Gasteiger partial charge on any atom is -0.497 e. The van der Waals surface area contributed by atoms with Gasteiger partial charge >= 0.3 is 0 Å². The number of benzene rings is 2. The number of hydrogen-bond acceptors (Lipinski definition) is 4. The van der Waals surface area contributed by atoms with E-state index in [-0.39, 0.29) is 18.4 Å². The zero-order chi connectivity index (χ0) is 20.0. The van der Waals surface area contributed by atoms with Crippen LogP contribution >= 0.6 is 11.6 Å². The minimum atomic E-state index is -0.681. The van der Waals surface area contributed by atoms with Crippen molar-refractivity contribution < 1.29 is 19.1 Å². The first-order chi connectivity index (χ1) is 12.8. The Bertz CT molecular complexity index is 823. The van der Waals surface area contributed by atoms with Crippen molar-refractivity contribution in [3.63, 3.8) is 0 Å². The fourth-order valence-electron chi connectivity index (χ4n) is 2.31. The number of methoxy groups -OCH3 is 1. The Balaban J connectivity index is 1.99. The number of anilines is 1. The molecule has 2 amide bonds. The third-order valence-electron chi connectivity index (χ3n) is 3.87. The molecule has 0 aliphatic carbocycles. The molecule has 2 aromatic carbocycles. The number of nitrogens with one attached hydrogen (secondary N) is 1. The molecule has 27 heavy (non-hydrogen) atoms. The van der Waals surface area contributed by atoms with Crippen LogP contribution in [0.1, 0.15) is 22.8 Å². The van der Waals surface area contributed by atoms with Crippen LogP contribution in [0.25, 0.3) is 0 Å². The highest BCUT2D eigenvalue weighted by atomic mass is 35.5. The predicted octanol–water partition coefficient (Wildman–Crippen LogP) is 3.59. The molecular formula is C20H23ClN2O4. The molecular weight excluding hydrogens is 368 g/mol. The molecule has 1 N–H and O–H groups in total. The molecule has 0 heterocycles. The second kappa shape index (κ2) is 9.39. The van der Waals surface area contributed by atoms with Gasteiger partial charge in [0.2, 0.25) is 0 Å². The van der Waals surface area contributed by atoms with E-state index >= 15 is 0 Å². The van der Waals surface area contributed by atoms with E-state index in [1.54, 1.807) is 46.3 Å². The number of carbonyl (C=O) groups is 2. The molecule has 0 spiro atoms. The van der Waals surface area contributed by atoms with Crippen LogP contribution in [0.3, 0.4) is 0 Å². The highest BCUT2D eigenvalue weighted by molar-refractivity contribution is 6.34. The van der Waals surface area contributed by atoms with E-state index in [4.69, 9.17) is 21.1 Å². The third kappa shape index (κ3) is 5.70. The summed E-state index contributed by atoms with van der Waals surface area (Å²) in [6.07, 6.45) is -0.681. The second-order valence-electron chi connectivity index (χ2n) is 6.19. The Morgan fingerprint density at radius 3 is 2.59 bits per heavy atom. The fraction of sp³-hybridized carbons (Fsp3) is 0.300. The molecule has 0 radical (unpaired) electrons. The van der Waals surface area contributed by atoms with Crippen LogP contribution in [-0.4, -0.2) is 44.0 Å². The average Bonchev–Trinajstić information content (AvgIpc) is 2.66. The van der Waals surface area contributed by atoms with Gasteiger partial charge in [0.15, 0.2) is 0 Å². The summed E-state index contributed by atoms with van der Waals surface area (Å²) in [7, 11) is 4.87. The van der Waals surface area contributed by atoms with Gasteiger partial charge in [-0.05, 0) is 42.8 Å². The molecule has 7 heteroatoms. The van der Waals surface area contributed by atoms with Crippen molar-refractivity contribution in [1.82, 2.24) is 4.90 Å². The Hall–Kier alpha value is -2.57. The number of carbonyl (C=O) groups excluding carboxylic acids is 2. The maximum absolute atomic E-state index is 12.4. The Kier molecular flexibility index (Phi) is 7.21. The van der Waals surface area contributed by atoms with E-state index in [9.17, 15) is 9.59 Å². The van der Waals surface area contributed by atoms with Gasteiger partial charge in [0.1, 0.15) is 11.9 Å². The quantitative estimate of drug-likeness (QED) is 0.784. The first kappa shape index (κ1) is 20.7. The molecule has 1 atom stereocenters. The summed E-state index contributed by atoms with van der Waals surface area (Å²) in [4.78, 5) is 25.9. The van der Waals surface area contributed by atoms with E-state index in [2.05, 4.69) is 5.32 Å². The van der Waals surface area contributed by atoms with Crippen LogP contribution in [0.15, 0.2) is 42.5 Å². The molecule has 0 saturated carbocycles. The average molecular weight is 391 g/mol. The van der Waals surface area contributed by atoms with Crippen LogP contribution in [0.2, 0.25) is 5.02 Å². The maximum Gasteiger partial charge on any atom is 0.254 e. The SMILES string of the molecule is COc1cccc(COC(C)C(=O)Nc2ccc(Cl)c(C(=O)N(C)C)c2)c1. The van der Waals surface area contributed by atoms with Crippen molar-refractivity contribution in [2.75, 3.05) is 26.5 Å². The van der Waals surface area contributed by atoms with Crippen molar-refractivity contribution in [3.8, 4) is 5.75 Å². The molecule has 2 aromatic rings. The number of ether oxygens (including phenoxy) is 2. The maximum atomic E-state index is 12.4. The normalized spacial score (nSPS) is 11.6. The van der Waals surface area contributed by atoms with Crippen molar-refractivity contribution in [3.05, 3.63) is 58.6 Å². The molecule has 0 fully saturated rings. The van der Waals surface area contributed by atoms with Crippen LogP contribution in [0, 0.1) is 0 Å². The van der Waals surface area contributed by atoms with Gasteiger partial charge in [-0.25, -0.2) is 0 Å². The minimum absolute atomic E-state index is 0.238. The smallest absolute Gasteiger partial charge is 0.254 e. The lowest BCUT2D eigenvalue weighted by atomic mass is 10.1. The monoisotopic (exact) mass is 390 g/mol. The summed E-state index contributed by atoms with van der Waals surface area (Å²) in [5, 5.41) is 3.07. The van der Waals surface area contributed by atoms with Gasteiger partial charge in [-0.2, -0.15) is 0 Å². The topological polar surface area (TPSA) is 67.9 Å². The molecule has 0 aliphatic heterocycles. The van der Waals surface area contributed by atoms with E-state index in [0.29, 0.717) is 16.3 Å². The lowest BCUT2D eigenvalue weighted by Gasteiger charge is -2.16. The van der Waals surface area contributed by atoms with Gasteiger partial charge in [-0.15, -0.1) is 0 Å². The van der Waals surface area contributed by atoms with Crippen LogP contribution < -0.4 is 10.1 Å². The molecule has 0 aromatic heterocycles. The van der Waals surface area contributed by atoms with Gasteiger partial charge in [-0.3, -0.25) is 9.59 Å². The van der Waals surface area contributed by atoms with Crippen molar-refractivity contribution in [1.29, 1.82) is 0 Å². The standard InChI is InChI=1S/C20H23ClN2O4/c1-13(27-12-14-6-5-7-16(10-14)26-4)19(24)22-15-8-9-18(21)17(11-15)20(25)23(2)3/h5-11,13H,12H2,1-4H3,(H,22,24). The summed E-state index contributed by atoms with van der Waals surface area (Å²) in [5.74, 6) is 0.175. The van der Waals surface area contributed by atoms with Gasteiger partial charge < -0.3 is 19.7 Å². The lowest BCUT2D eigenvalue weighted by Crippen LogP contribution is -2.28. The van der Waals surface area contributed by atoms with Gasteiger partial charge in [0.25, 0.3) is 11.8 Å². The first-order valence-electron chi connectivity index (χ1n) is 8.38. The largest absolute Gasteiger partial charge is 0.497 e. The summed E-state index contributed by atoms with van der Waals surface area (Å²) < 4.78 is 10.8. The second-order valence-corrected chi connectivity index (χ2v) is 6.60. The Morgan fingerprint density at radius 1 is 1.19 bits per heavy atom. The van der Waals surface area contributed by atoms with Crippen LogP contribution in [-0.2, 0) is 16.1 Å². The third-order valence-corrected chi connectivity index (χ3v) is 4.20. The molecule has 0 aliphatic rings. The number of hydrogen-bond donors (Lipinski definition) is 1. The molecule has 0 saturated heterocycles. The number of rotatable bonds is 7. The highest BCUT2D eigenvalue weighted by Crippen LogP contribution is 2.22. The molecule has 0 bridgehead atoms. The molecule has 144 valence electrons. The number of halogens is 1. The highest BCUT2D eigenvalue weighted by Gasteiger charge is 2.17.